The fourth-order valence-electron chi connectivity index (χ4n) is 1.32. The Labute approximate surface area is 106 Å². The Morgan fingerprint density at radius 1 is 1.53 bits per heavy atom. The van der Waals surface area contributed by atoms with Crippen LogP contribution in [0, 0.1) is 10.1 Å². The number of hydrogen-bond donors (Lipinski definition) is 0. The molecule has 0 atom stereocenters. The van der Waals surface area contributed by atoms with Crippen molar-refractivity contribution < 1.29 is 9.34 Å². The van der Waals surface area contributed by atoms with Gasteiger partial charge in [-0.15, -0.1) is 11.6 Å². The molecule has 0 aliphatic heterocycles. The van der Waals surface area contributed by atoms with E-state index in [1.807, 2.05) is 0 Å². The summed E-state index contributed by atoms with van der Waals surface area (Å²) in [5.74, 6) is 1.73. The predicted octanol–water partition coefficient (Wildman–Crippen LogP) is 3.48. The van der Waals surface area contributed by atoms with Gasteiger partial charge in [0, 0.05) is 18.4 Å². The van der Waals surface area contributed by atoms with Gasteiger partial charge in [-0.1, -0.05) is 11.3 Å². The fourth-order valence-corrected chi connectivity index (χ4v) is 2.22. The molecule has 0 fully saturated rings. The number of hydrogen-bond acceptors (Lipinski definition) is 5. The smallest absolute Gasteiger partial charge is 0.324 e. The molecule has 0 unspecified atom stereocenters. The average Bonchev–Trinajstić information content (AvgIpc) is 2.94. The molecule has 2 aromatic rings. The number of nitrogens with zero attached hydrogens (tertiary/aromatic N) is 2. The Hall–Kier alpha value is -1.40. The molecule has 17 heavy (non-hydrogen) atoms. The number of aromatic nitrogens is 1. The van der Waals surface area contributed by atoms with E-state index < -0.39 is 4.92 Å². The second-order valence-corrected chi connectivity index (χ2v) is 4.75. The highest BCUT2D eigenvalue weighted by Gasteiger charge is 2.14. The summed E-state index contributed by atoms with van der Waals surface area (Å²) in [5.41, 5.74) is 0. The molecule has 0 saturated heterocycles. The van der Waals surface area contributed by atoms with Crippen molar-refractivity contribution in [2.45, 2.75) is 12.8 Å². The van der Waals surface area contributed by atoms with Gasteiger partial charge in [-0.05, 0) is 12.5 Å². The summed E-state index contributed by atoms with van der Waals surface area (Å²) in [5, 5.41) is 10.6. The summed E-state index contributed by atoms with van der Waals surface area (Å²) in [6, 6.07) is 3.12. The van der Waals surface area contributed by atoms with Crippen LogP contribution >= 0.6 is 22.9 Å². The number of thiophene rings is 1. The number of halogens is 1. The minimum Gasteiger partial charge on any atom is -0.440 e. The van der Waals surface area contributed by atoms with Gasteiger partial charge in [0.25, 0.3) is 0 Å². The summed E-state index contributed by atoms with van der Waals surface area (Å²) in [6.45, 7) is 0. The molecule has 0 amide bonds. The third kappa shape index (κ3) is 2.83. The fraction of sp³-hybridized carbons (Fsp3) is 0.300. The van der Waals surface area contributed by atoms with E-state index in [0.717, 1.165) is 17.8 Å². The molecule has 7 heteroatoms. The van der Waals surface area contributed by atoms with E-state index in [1.54, 1.807) is 12.3 Å². The Bertz CT molecular complexity index is 523. The zero-order valence-electron chi connectivity index (χ0n) is 8.76. The normalized spacial score (nSPS) is 10.6. The lowest BCUT2D eigenvalue weighted by atomic mass is 10.3. The molecule has 0 N–H and O–H groups in total. The number of nitro groups is 1. The van der Waals surface area contributed by atoms with E-state index in [-0.39, 0.29) is 5.00 Å². The molecule has 0 aromatic carbocycles. The predicted molar refractivity (Wildman–Crippen MR) is 65.5 cm³/mol. The van der Waals surface area contributed by atoms with Crippen molar-refractivity contribution in [2.75, 3.05) is 5.88 Å². The lowest BCUT2D eigenvalue weighted by Crippen LogP contribution is -1.84. The number of alkyl halides is 1. The molecule has 0 radical (unpaired) electrons. The van der Waals surface area contributed by atoms with Gasteiger partial charge in [0.2, 0.25) is 0 Å². The second kappa shape index (κ2) is 5.29. The zero-order valence-corrected chi connectivity index (χ0v) is 10.3. The van der Waals surface area contributed by atoms with Gasteiger partial charge in [0.15, 0.2) is 11.7 Å². The summed E-state index contributed by atoms with van der Waals surface area (Å²) < 4.78 is 5.48. The monoisotopic (exact) mass is 272 g/mol. The van der Waals surface area contributed by atoms with Gasteiger partial charge in [-0.2, -0.15) is 0 Å². The SMILES string of the molecule is O=[N+]([O-])c1ccc(-c2cnc(CCCCl)o2)s1. The summed E-state index contributed by atoms with van der Waals surface area (Å²) in [6.07, 6.45) is 3.06. The molecule has 0 aliphatic carbocycles. The van der Waals surface area contributed by atoms with E-state index >= 15 is 0 Å². The van der Waals surface area contributed by atoms with E-state index in [9.17, 15) is 10.1 Å². The van der Waals surface area contributed by atoms with E-state index in [0.29, 0.717) is 28.8 Å². The highest BCUT2D eigenvalue weighted by molar-refractivity contribution is 7.18. The molecule has 5 nitrogen and oxygen atoms in total. The lowest BCUT2D eigenvalue weighted by Gasteiger charge is -1.90. The topological polar surface area (TPSA) is 69.2 Å². The van der Waals surface area contributed by atoms with Gasteiger partial charge in [-0.25, -0.2) is 4.98 Å². The lowest BCUT2D eigenvalue weighted by molar-refractivity contribution is -0.380. The number of rotatable bonds is 5. The summed E-state index contributed by atoms with van der Waals surface area (Å²) in [7, 11) is 0. The van der Waals surface area contributed by atoms with E-state index in [2.05, 4.69) is 4.98 Å². The van der Waals surface area contributed by atoms with Crippen LogP contribution in [0.1, 0.15) is 12.3 Å². The maximum Gasteiger partial charge on any atom is 0.324 e. The van der Waals surface area contributed by atoms with Crippen LogP contribution in [0.4, 0.5) is 5.00 Å². The zero-order chi connectivity index (χ0) is 12.3. The Kier molecular flexibility index (Phi) is 3.75. The van der Waals surface area contributed by atoms with Crippen molar-refractivity contribution in [3.05, 3.63) is 34.3 Å². The van der Waals surface area contributed by atoms with Gasteiger partial charge in [0.1, 0.15) is 0 Å². The summed E-state index contributed by atoms with van der Waals surface area (Å²) in [4.78, 5) is 14.9. The highest BCUT2D eigenvalue weighted by Crippen LogP contribution is 2.32. The van der Waals surface area contributed by atoms with Crippen molar-refractivity contribution in [3.63, 3.8) is 0 Å². The van der Waals surface area contributed by atoms with Crippen molar-refractivity contribution in [1.82, 2.24) is 4.98 Å². The largest absolute Gasteiger partial charge is 0.440 e. The molecular weight excluding hydrogens is 264 g/mol. The third-order valence-corrected chi connectivity index (χ3v) is 3.41. The number of aryl methyl sites for hydroxylation is 1. The quantitative estimate of drug-likeness (QED) is 0.475. The van der Waals surface area contributed by atoms with Gasteiger partial charge in [-0.3, -0.25) is 10.1 Å². The van der Waals surface area contributed by atoms with Crippen LogP contribution in [-0.4, -0.2) is 15.8 Å². The first-order valence-electron chi connectivity index (χ1n) is 4.96. The van der Waals surface area contributed by atoms with Crippen LogP contribution in [0.25, 0.3) is 10.6 Å². The van der Waals surface area contributed by atoms with Crippen LogP contribution in [0.2, 0.25) is 0 Å². The number of oxazole rings is 1. The highest BCUT2D eigenvalue weighted by atomic mass is 35.5. The third-order valence-electron chi connectivity index (χ3n) is 2.09. The van der Waals surface area contributed by atoms with Crippen LogP contribution in [-0.2, 0) is 6.42 Å². The Morgan fingerprint density at radius 3 is 3.00 bits per heavy atom. The molecule has 90 valence electrons. The second-order valence-electron chi connectivity index (χ2n) is 3.31. The molecule has 2 aromatic heterocycles. The van der Waals surface area contributed by atoms with Crippen molar-refractivity contribution in [3.8, 4) is 10.6 Å². The Morgan fingerprint density at radius 2 is 2.35 bits per heavy atom. The van der Waals surface area contributed by atoms with Crippen molar-refractivity contribution in [2.24, 2.45) is 0 Å². The molecular formula is C10H9ClN2O3S. The average molecular weight is 273 g/mol. The molecule has 0 bridgehead atoms. The first-order valence-corrected chi connectivity index (χ1v) is 6.31. The van der Waals surface area contributed by atoms with Gasteiger partial charge >= 0.3 is 5.00 Å². The molecule has 0 saturated carbocycles. The van der Waals surface area contributed by atoms with Gasteiger partial charge in [0.05, 0.1) is 16.0 Å². The first kappa shape index (κ1) is 12.1. The molecule has 0 spiro atoms. The van der Waals surface area contributed by atoms with E-state index in [1.165, 1.54) is 6.07 Å². The maximum atomic E-state index is 10.5. The first-order chi connectivity index (χ1) is 8.20. The van der Waals surface area contributed by atoms with Crippen LogP contribution in [0.5, 0.6) is 0 Å². The summed E-state index contributed by atoms with van der Waals surface area (Å²) >= 11 is 6.64. The molecule has 2 rings (SSSR count). The standard InChI is InChI=1S/C10H9ClN2O3S/c11-5-1-2-9-12-6-7(16-9)8-3-4-10(17-8)13(14)15/h3-4,6H,1-2,5H2. The van der Waals surface area contributed by atoms with Crippen molar-refractivity contribution >= 4 is 27.9 Å². The van der Waals surface area contributed by atoms with E-state index in [4.69, 9.17) is 16.0 Å². The Balaban J connectivity index is 2.15. The van der Waals surface area contributed by atoms with Crippen LogP contribution in [0.3, 0.4) is 0 Å². The minimum absolute atomic E-state index is 0.0960. The van der Waals surface area contributed by atoms with Gasteiger partial charge < -0.3 is 4.42 Å². The molecule has 2 heterocycles. The van der Waals surface area contributed by atoms with Crippen molar-refractivity contribution in [1.29, 1.82) is 0 Å². The molecule has 0 aliphatic rings. The van der Waals surface area contributed by atoms with Crippen LogP contribution < -0.4 is 0 Å². The maximum absolute atomic E-state index is 10.5. The van der Waals surface area contributed by atoms with Crippen LogP contribution in [0.15, 0.2) is 22.7 Å². The minimum atomic E-state index is -0.418.